The van der Waals surface area contributed by atoms with Gasteiger partial charge in [-0.25, -0.2) is 13.5 Å². The lowest BCUT2D eigenvalue weighted by Gasteiger charge is -2.37. The molecule has 2 fully saturated rings. The van der Waals surface area contributed by atoms with Crippen molar-refractivity contribution in [3.8, 4) is 11.1 Å². The Morgan fingerprint density at radius 1 is 0.838 bits per heavy atom. The van der Waals surface area contributed by atoms with Crippen LogP contribution in [0.15, 0.2) is 36.4 Å². The second-order valence-electron chi connectivity index (χ2n) is 9.80. The van der Waals surface area contributed by atoms with E-state index in [9.17, 15) is 30.7 Å². The molecule has 2 aromatic carbocycles. The lowest BCUT2D eigenvalue weighted by Crippen LogP contribution is -2.38. The molecule has 0 unspecified atom stereocenters. The molecule has 1 aliphatic heterocycles. The van der Waals surface area contributed by atoms with E-state index in [-0.39, 0.29) is 17.8 Å². The Bertz CT molecular complexity index is 1020. The van der Waals surface area contributed by atoms with Crippen LogP contribution in [0.25, 0.3) is 11.1 Å². The van der Waals surface area contributed by atoms with Gasteiger partial charge in [0.05, 0.1) is 13.2 Å². The Kier molecular flexibility index (Phi) is 8.50. The van der Waals surface area contributed by atoms with Gasteiger partial charge in [-0.15, -0.1) is 13.2 Å². The lowest BCUT2D eigenvalue weighted by atomic mass is 9.78. The molecular weight excluding hydrogens is 505 g/mol. The summed E-state index contributed by atoms with van der Waals surface area (Å²) in [5, 5.41) is 0. The third kappa shape index (κ3) is 6.83. The summed E-state index contributed by atoms with van der Waals surface area (Å²) in [5.41, 5.74) is -0.788. The Balaban J connectivity index is 1.38. The van der Waals surface area contributed by atoms with Crippen LogP contribution in [0.1, 0.15) is 62.5 Å². The topological polar surface area (TPSA) is 27.7 Å². The SMILES string of the molecule is CCCC1COC(C2CCC(c3ccc(-c4cc(F)c(C(F)(F)OC(F)(F)F)c(F)c4)cc3)CC2)OC1. The molecule has 0 atom stereocenters. The first kappa shape index (κ1) is 27.9. The summed E-state index contributed by atoms with van der Waals surface area (Å²) in [7, 11) is 0. The Morgan fingerprint density at radius 2 is 1.41 bits per heavy atom. The quantitative estimate of drug-likeness (QED) is 0.335. The minimum atomic E-state index is -5.77. The van der Waals surface area contributed by atoms with Crippen molar-refractivity contribution < 1.29 is 44.9 Å². The molecule has 1 saturated heterocycles. The van der Waals surface area contributed by atoms with Gasteiger partial charge in [0.15, 0.2) is 6.29 Å². The molecule has 3 nitrogen and oxygen atoms in total. The van der Waals surface area contributed by atoms with Crippen LogP contribution < -0.4 is 0 Å². The van der Waals surface area contributed by atoms with Crippen molar-refractivity contribution in [1.82, 2.24) is 0 Å². The molecular formula is C27H29F7O3. The van der Waals surface area contributed by atoms with E-state index in [1.807, 2.05) is 12.1 Å². The largest absolute Gasteiger partial charge is 0.527 e. The zero-order valence-corrected chi connectivity index (χ0v) is 20.3. The monoisotopic (exact) mass is 534 g/mol. The second-order valence-corrected chi connectivity index (χ2v) is 9.80. The first-order valence-electron chi connectivity index (χ1n) is 12.4. The van der Waals surface area contributed by atoms with E-state index in [1.54, 1.807) is 12.1 Å². The van der Waals surface area contributed by atoms with Crippen LogP contribution in [0.5, 0.6) is 0 Å². The lowest BCUT2D eigenvalue weighted by molar-refractivity contribution is -0.432. The predicted molar refractivity (Wildman–Crippen MR) is 122 cm³/mol. The Labute approximate surface area is 210 Å². The fourth-order valence-electron chi connectivity index (χ4n) is 5.29. The Hall–Kier alpha value is -2.17. The van der Waals surface area contributed by atoms with E-state index in [2.05, 4.69) is 11.7 Å². The van der Waals surface area contributed by atoms with Crippen molar-refractivity contribution in [2.75, 3.05) is 13.2 Å². The zero-order valence-electron chi connectivity index (χ0n) is 20.3. The van der Waals surface area contributed by atoms with E-state index in [1.165, 1.54) is 0 Å². The summed E-state index contributed by atoms with van der Waals surface area (Å²) in [6.45, 7) is 3.61. The smallest absolute Gasteiger partial charge is 0.352 e. The van der Waals surface area contributed by atoms with E-state index in [4.69, 9.17) is 9.47 Å². The molecule has 1 heterocycles. The molecule has 1 aliphatic carbocycles. The number of alkyl halides is 5. The summed E-state index contributed by atoms with van der Waals surface area (Å²) in [6.07, 6.45) is -5.20. The van der Waals surface area contributed by atoms with Crippen molar-refractivity contribution in [3.05, 3.63) is 59.2 Å². The first-order valence-corrected chi connectivity index (χ1v) is 12.4. The Morgan fingerprint density at radius 3 is 1.92 bits per heavy atom. The van der Waals surface area contributed by atoms with E-state index >= 15 is 0 Å². The minimum absolute atomic E-state index is 0.0789. The summed E-state index contributed by atoms with van der Waals surface area (Å²) in [5.74, 6) is -2.59. The molecule has 37 heavy (non-hydrogen) atoms. The maximum Gasteiger partial charge on any atom is 0.527 e. The molecule has 0 spiro atoms. The van der Waals surface area contributed by atoms with E-state index < -0.39 is 29.7 Å². The van der Waals surface area contributed by atoms with Crippen LogP contribution in [0, 0.1) is 23.5 Å². The molecule has 1 saturated carbocycles. The van der Waals surface area contributed by atoms with Crippen LogP contribution in [-0.4, -0.2) is 25.9 Å². The normalized spacial score (nSPS) is 25.3. The predicted octanol–water partition coefficient (Wildman–Crippen LogP) is 8.28. The number of hydrogen-bond acceptors (Lipinski definition) is 3. The maximum atomic E-state index is 14.3. The fourth-order valence-corrected chi connectivity index (χ4v) is 5.29. The van der Waals surface area contributed by atoms with Crippen molar-refractivity contribution in [2.45, 2.75) is 70.1 Å². The molecule has 0 N–H and O–H groups in total. The van der Waals surface area contributed by atoms with Gasteiger partial charge in [-0.3, -0.25) is 0 Å². The van der Waals surface area contributed by atoms with Crippen LogP contribution in [0.2, 0.25) is 0 Å². The number of benzene rings is 2. The van der Waals surface area contributed by atoms with Gasteiger partial charge in [0, 0.05) is 11.8 Å². The number of halogens is 7. The average molecular weight is 535 g/mol. The van der Waals surface area contributed by atoms with Gasteiger partial charge in [0.2, 0.25) is 0 Å². The van der Waals surface area contributed by atoms with Gasteiger partial charge in [-0.05, 0) is 66.8 Å². The van der Waals surface area contributed by atoms with Gasteiger partial charge in [-0.1, -0.05) is 37.6 Å². The molecule has 204 valence electrons. The highest BCUT2D eigenvalue weighted by atomic mass is 19.4. The zero-order chi connectivity index (χ0) is 26.8. The summed E-state index contributed by atoms with van der Waals surface area (Å²) in [4.78, 5) is 0. The van der Waals surface area contributed by atoms with Crippen LogP contribution in [-0.2, 0) is 20.3 Å². The molecule has 2 aromatic rings. The summed E-state index contributed by atoms with van der Waals surface area (Å²) in [6, 6.07) is 7.99. The van der Waals surface area contributed by atoms with Crippen LogP contribution >= 0.6 is 0 Å². The summed E-state index contributed by atoms with van der Waals surface area (Å²) >= 11 is 0. The van der Waals surface area contributed by atoms with Gasteiger partial charge in [-0.2, -0.15) is 8.78 Å². The molecule has 0 amide bonds. The molecule has 4 rings (SSSR count). The van der Waals surface area contributed by atoms with Gasteiger partial charge in [0.25, 0.3) is 0 Å². The van der Waals surface area contributed by atoms with Crippen molar-refractivity contribution in [3.63, 3.8) is 0 Å². The van der Waals surface area contributed by atoms with Crippen molar-refractivity contribution in [1.29, 1.82) is 0 Å². The molecule has 0 bridgehead atoms. The standard InChI is InChI=1S/C27H29F7O3/c1-2-3-16-14-35-25(36-15-16)20-10-8-18(9-11-20)17-4-6-19(7-5-17)21-12-22(28)24(23(29)13-21)26(30,31)37-27(32,33)34/h4-7,12-13,16,18,20,25H,2-3,8-11,14-15H2,1H3. The maximum absolute atomic E-state index is 14.3. The number of hydrogen-bond donors (Lipinski definition) is 0. The molecule has 10 heteroatoms. The fraction of sp³-hybridized carbons (Fsp3) is 0.556. The van der Waals surface area contributed by atoms with Crippen molar-refractivity contribution in [2.24, 2.45) is 11.8 Å². The highest BCUT2D eigenvalue weighted by Crippen LogP contribution is 2.41. The minimum Gasteiger partial charge on any atom is -0.352 e. The highest BCUT2D eigenvalue weighted by molar-refractivity contribution is 5.64. The third-order valence-electron chi connectivity index (χ3n) is 7.14. The second kappa shape index (κ2) is 11.3. The number of rotatable bonds is 7. The van der Waals surface area contributed by atoms with E-state index in [0.717, 1.165) is 57.3 Å². The number of ether oxygens (including phenoxy) is 3. The van der Waals surface area contributed by atoms with Gasteiger partial charge >= 0.3 is 12.5 Å². The average Bonchev–Trinajstić information content (AvgIpc) is 2.83. The van der Waals surface area contributed by atoms with Crippen LogP contribution in [0.4, 0.5) is 30.7 Å². The first-order chi connectivity index (χ1) is 17.5. The van der Waals surface area contributed by atoms with Gasteiger partial charge < -0.3 is 9.47 Å². The van der Waals surface area contributed by atoms with E-state index in [0.29, 0.717) is 29.5 Å². The molecule has 0 radical (unpaired) electrons. The highest BCUT2D eigenvalue weighted by Gasteiger charge is 2.49. The molecule has 2 aliphatic rings. The molecule has 0 aromatic heterocycles. The van der Waals surface area contributed by atoms with Crippen LogP contribution in [0.3, 0.4) is 0 Å². The summed E-state index contributed by atoms with van der Waals surface area (Å²) < 4.78 is 107. The third-order valence-corrected chi connectivity index (χ3v) is 7.14. The van der Waals surface area contributed by atoms with Gasteiger partial charge in [0.1, 0.15) is 17.2 Å². The van der Waals surface area contributed by atoms with Crippen molar-refractivity contribution >= 4 is 0 Å².